The molecule has 6 nitrogen and oxygen atoms in total. The lowest BCUT2D eigenvalue weighted by Gasteiger charge is -2.35. The Hall–Kier alpha value is -2.15. The second-order valence-electron chi connectivity index (χ2n) is 5.27. The van der Waals surface area contributed by atoms with Gasteiger partial charge in [0.15, 0.2) is 5.13 Å². The summed E-state index contributed by atoms with van der Waals surface area (Å²) < 4.78 is 4.98. The van der Waals surface area contributed by atoms with Gasteiger partial charge in [-0.3, -0.25) is 9.78 Å². The number of rotatable bonds is 5. The van der Waals surface area contributed by atoms with Gasteiger partial charge < -0.3 is 14.5 Å². The number of anilines is 2. The molecule has 0 aliphatic carbocycles. The quantitative estimate of drug-likeness (QED) is 0.780. The highest BCUT2D eigenvalue weighted by molar-refractivity contribution is 7.15. The standard InChI is InChI=1S/C16H20N4O2S/c1-2-22-15(21)11-14-12-18-16(23-14)20-9-7-19(8-10-20)13-3-5-17-6-4-13/h3-6,12H,2,7-11H2,1H3. The van der Waals surface area contributed by atoms with Gasteiger partial charge in [0.05, 0.1) is 13.0 Å². The van der Waals surface area contributed by atoms with Gasteiger partial charge in [0.2, 0.25) is 0 Å². The molecule has 0 N–H and O–H groups in total. The Kier molecular flexibility index (Phi) is 5.07. The average Bonchev–Trinajstić information content (AvgIpc) is 3.04. The van der Waals surface area contributed by atoms with Gasteiger partial charge in [-0.05, 0) is 19.1 Å². The Labute approximate surface area is 139 Å². The van der Waals surface area contributed by atoms with Crippen LogP contribution in [0.3, 0.4) is 0 Å². The number of thiazole rings is 1. The van der Waals surface area contributed by atoms with Crippen LogP contribution in [-0.2, 0) is 16.0 Å². The number of hydrogen-bond donors (Lipinski definition) is 0. The maximum atomic E-state index is 11.5. The summed E-state index contributed by atoms with van der Waals surface area (Å²) in [6.45, 7) is 6.00. The monoisotopic (exact) mass is 332 g/mol. The lowest BCUT2D eigenvalue weighted by atomic mass is 10.3. The minimum absolute atomic E-state index is 0.190. The van der Waals surface area contributed by atoms with Crippen molar-refractivity contribution in [2.45, 2.75) is 13.3 Å². The van der Waals surface area contributed by atoms with E-state index in [2.05, 4.69) is 19.8 Å². The third-order valence-electron chi connectivity index (χ3n) is 3.74. The number of carbonyl (C=O) groups is 1. The number of aromatic nitrogens is 2. The van der Waals surface area contributed by atoms with Gasteiger partial charge in [-0.1, -0.05) is 0 Å². The Morgan fingerprint density at radius 1 is 1.22 bits per heavy atom. The number of hydrogen-bond acceptors (Lipinski definition) is 7. The highest BCUT2D eigenvalue weighted by Gasteiger charge is 2.20. The highest BCUT2D eigenvalue weighted by Crippen LogP contribution is 2.25. The van der Waals surface area contributed by atoms with Gasteiger partial charge in [0.1, 0.15) is 0 Å². The summed E-state index contributed by atoms with van der Waals surface area (Å²) in [6, 6.07) is 4.08. The van der Waals surface area contributed by atoms with Crippen molar-refractivity contribution in [1.29, 1.82) is 0 Å². The SMILES string of the molecule is CCOC(=O)Cc1cnc(N2CCN(c3ccncc3)CC2)s1. The summed E-state index contributed by atoms with van der Waals surface area (Å²) in [7, 11) is 0. The van der Waals surface area contributed by atoms with E-state index in [9.17, 15) is 4.79 Å². The molecule has 1 fully saturated rings. The van der Waals surface area contributed by atoms with Crippen LogP contribution < -0.4 is 9.80 Å². The molecular weight excluding hydrogens is 312 g/mol. The summed E-state index contributed by atoms with van der Waals surface area (Å²) in [5, 5.41) is 0.985. The van der Waals surface area contributed by atoms with Gasteiger partial charge in [-0.2, -0.15) is 0 Å². The van der Waals surface area contributed by atoms with Gasteiger partial charge in [-0.25, -0.2) is 4.98 Å². The zero-order valence-electron chi connectivity index (χ0n) is 13.1. The molecule has 0 saturated carbocycles. The Balaban J connectivity index is 1.56. The van der Waals surface area contributed by atoms with Crippen molar-refractivity contribution in [1.82, 2.24) is 9.97 Å². The lowest BCUT2D eigenvalue weighted by molar-refractivity contribution is -0.142. The third kappa shape index (κ3) is 3.98. The van der Waals surface area contributed by atoms with Crippen LogP contribution in [0.1, 0.15) is 11.8 Å². The third-order valence-corrected chi connectivity index (χ3v) is 4.80. The van der Waals surface area contributed by atoms with E-state index in [1.165, 1.54) is 5.69 Å². The summed E-state index contributed by atoms with van der Waals surface area (Å²) in [5.74, 6) is -0.190. The first-order chi connectivity index (χ1) is 11.3. The zero-order chi connectivity index (χ0) is 16.1. The van der Waals surface area contributed by atoms with Crippen molar-refractivity contribution in [3.05, 3.63) is 35.6 Å². The van der Waals surface area contributed by atoms with Crippen LogP contribution in [0.15, 0.2) is 30.7 Å². The first-order valence-electron chi connectivity index (χ1n) is 7.76. The molecule has 0 amide bonds. The molecule has 3 rings (SSSR count). The van der Waals surface area contributed by atoms with E-state index in [1.807, 2.05) is 31.5 Å². The average molecular weight is 332 g/mol. The van der Waals surface area contributed by atoms with Crippen LogP contribution in [-0.4, -0.2) is 48.7 Å². The fraction of sp³-hybridized carbons (Fsp3) is 0.438. The van der Waals surface area contributed by atoms with E-state index in [1.54, 1.807) is 17.5 Å². The minimum atomic E-state index is -0.190. The van der Waals surface area contributed by atoms with E-state index in [-0.39, 0.29) is 5.97 Å². The van der Waals surface area contributed by atoms with E-state index < -0.39 is 0 Å². The fourth-order valence-electron chi connectivity index (χ4n) is 2.59. The van der Waals surface area contributed by atoms with Crippen LogP contribution in [0.2, 0.25) is 0 Å². The largest absolute Gasteiger partial charge is 0.466 e. The van der Waals surface area contributed by atoms with Gasteiger partial charge >= 0.3 is 5.97 Å². The molecule has 0 spiro atoms. The molecule has 2 aromatic rings. The second-order valence-corrected chi connectivity index (χ2v) is 6.36. The Morgan fingerprint density at radius 3 is 2.61 bits per heavy atom. The summed E-state index contributed by atoms with van der Waals surface area (Å²) >= 11 is 1.58. The predicted molar refractivity (Wildman–Crippen MR) is 91.1 cm³/mol. The van der Waals surface area contributed by atoms with Crippen LogP contribution in [0, 0.1) is 0 Å². The normalized spacial score (nSPS) is 14.8. The Bertz CT molecular complexity index is 639. The molecule has 0 bridgehead atoms. The van der Waals surface area contributed by atoms with Crippen LogP contribution >= 0.6 is 11.3 Å². The molecule has 0 radical (unpaired) electrons. The molecule has 3 heterocycles. The number of nitrogens with zero attached hydrogens (tertiary/aromatic N) is 4. The molecule has 122 valence electrons. The maximum absolute atomic E-state index is 11.5. The van der Waals surface area contributed by atoms with Crippen molar-refractivity contribution in [2.24, 2.45) is 0 Å². The predicted octanol–water partition coefficient (Wildman–Crippen LogP) is 1.97. The van der Waals surface area contributed by atoms with Crippen LogP contribution in [0.4, 0.5) is 10.8 Å². The lowest BCUT2D eigenvalue weighted by Crippen LogP contribution is -2.46. The molecule has 23 heavy (non-hydrogen) atoms. The molecule has 1 aliphatic heterocycles. The topological polar surface area (TPSA) is 58.6 Å². The Morgan fingerprint density at radius 2 is 1.91 bits per heavy atom. The second kappa shape index (κ2) is 7.41. The first-order valence-corrected chi connectivity index (χ1v) is 8.58. The highest BCUT2D eigenvalue weighted by atomic mass is 32.1. The van der Waals surface area contributed by atoms with E-state index in [0.29, 0.717) is 13.0 Å². The van der Waals surface area contributed by atoms with Crippen molar-refractivity contribution < 1.29 is 9.53 Å². The number of esters is 1. The summed E-state index contributed by atoms with van der Waals surface area (Å²) in [4.78, 5) is 25.6. The minimum Gasteiger partial charge on any atom is -0.466 e. The van der Waals surface area contributed by atoms with Crippen molar-refractivity contribution in [3.8, 4) is 0 Å². The molecule has 2 aromatic heterocycles. The van der Waals surface area contributed by atoms with Gasteiger partial charge in [0.25, 0.3) is 0 Å². The van der Waals surface area contributed by atoms with Gasteiger partial charge in [-0.15, -0.1) is 11.3 Å². The number of carbonyl (C=O) groups excluding carboxylic acids is 1. The van der Waals surface area contributed by atoms with E-state index in [0.717, 1.165) is 36.2 Å². The molecule has 1 saturated heterocycles. The van der Waals surface area contributed by atoms with Crippen LogP contribution in [0.25, 0.3) is 0 Å². The molecule has 1 aliphatic rings. The summed E-state index contributed by atoms with van der Waals surface area (Å²) in [6.07, 6.45) is 5.74. The molecular formula is C16H20N4O2S. The first kappa shape index (κ1) is 15.7. The number of ether oxygens (including phenoxy) is 1. The number of piperazine rings is 1. The van der Waals surface area contributed by atoms with Crippen molar-refractivity contribution in [2.75, 3.05) is 42.6 Å². The van der Waals surface area contributed by atoms with Crippen molar-refractivity contribution >= 4 is 28.1 Å². The van der Waals surface area contributed by atoms with Crippen LogP contribution in [0.5, 0.6) is 0 Å². The molecule has 0 atom stereocenters. The summed E-state index contributed by atoms with van der Waals surface area (Å²) in [5.41, 5.74) is 1.21. The number of pyridine rings is 1. The molecule has 7 heteroatoms. The maximum Gasteiger partial charge on any atom is 0.311 e. The smallest absolute Gasteiger partial charge is 0.311 e. The van der Waals surface area contributed by atoms with Gasteiger partial charge in [0, 0.05) is 55.3 Å². The zero-order valence-corrected chi connectivity index (χ0v) is 14.0. The molecule has 0 unspecified atom stereocenters. The van der Waals surface area contributed by atoms with E-state index in [4.69, 9.17) is 4.74 Å². The van der Waals surface area contributed by atoms with E-state index >= 15 is 0 Å². The van der Waals surface area contributed by atoms with Crippen molar-refractivity contribution in [3.63, 3.8) is 0 Å². The fourth-order valence-corrected chi connectivity index (χ4v) is 3.54. The molecule has 0 aromatic carbocycles.